The number of hydrogen-bond acceptors (Lipinski definition) is 6. The molecule has 0 unspecified atom stereocenters. The Morgan fingerprint density at radius 2 is 1.89 bits per heavy atom. The SMILES string of the molecule is CS(=O)(=O)Nc1cccnc1N1CCN(Cc2nc3ccccc3[nH]2)CC1. The number of para-hydroxylation sites is 2. The van der Waals surface area contributed by atoms with Crippen LogP contribution in [0, 0.1) is 0 Å². The number of pyridine rings is 1. The standard InChI is InChI=1S/C18H22N6O2S/c1-27(25,26)22-16-7-4-8-19-18(16)24-11-9-23(10-12-24)13-17-20-14-5-2-3-6-15(14)21-17/h2-8,22H,9-13H2,1H3,(H,20,21). The van der Waals surface area contributed by atoms with Crippen LogP contribution in [-0.2, 0) is 16.6 Å². The van der Waals surface area contributed by atoms with Gasteiger partial charge in [-0.1, -0.05) is 12.1 Å². The van der Waals surface area contributed by atoms with Gasteiger partial charge in [-0.2, -0.15) is 0 Å². The number of rotatable bonds is 5. The summed E-state index contributed by atoms with van der Waals surface area (Å²) in [5.41, 5.74) is 2.55. The first-order valence-electron chi connectivity index (χ1n) is 8.82. The molecule has 0 spiro atoms. The number of hydrogen-bond donors (Lipinski definition) is 2. The summed E-state index contributed by atoms with van der Waals surface area (Å²) in [7, 11) is -3.34. The topological polar surface area (TPSA) is 94.2 Å². The monoisotopic (exact) mass is 386 g/mol. The molecule has 0 amide bonds. The van der Waals surface area contributed by atoms with Gasteiger partial charge >= 0.3 is 0 Å². The highest BCUT2D eigenvalue weighted by atomic mass is 32.2. The Hall–Kier alpha value is -2.65. The quantitative estimate of drug-likeness (QED) is 0.692. The molecule has 3 aromatic rings. The van der Waals surface area contributed by atoms with Crippen molar-refractivity contribution in [3.63, 3.8) is 0 Å². The molecule has 1 aliphatic heterocycles. The summed E-state index contributed by atoms with van der Waals surface area (Å²) >= 11 is 0. The third-order valence-electron chi connectivity index (χ3n) is 4.57. The van der Waals surface area contributed by atoms with Crippen LogP contribution in [-0.4, -0.2) is 60.7 Å². The van der Waals surface area contributed by atoms with E-state index in [0.717, 1.165) is 55.8 Å². The minimum absolute atomic E-state index is 0.519. The molecule has 1 fully saturated rings. The predicted octanol–water partition coefficient (Wildman–Crippen LogP) is 1.65. The molecule has 0 bridgehead atoms. The van der Waals surface area contributed by atoms with Crippen LogP contribution in [0.25, 0.3) is 11.0 Å². The summed E-state index contributed by atoms with van der Waals surface area (Å²) in [5.74, 6) is 1.63. The van der Waals surface area contributed by atoms with Gasteiger partial charge in [-0.05, 0) is 24.3 Å². The van der Waals surface area contributed by atoms with Crippen molar-refractivity contribution in [3.05, 3.63) is 48.4 Å². The second-order valence-corrected chi connectivity index (χ2v) is 8.46. The van der Waals surface area contributed by atoms with Gasteiger partial charge in [0.1, 0.15) is 5.82 Å². The van der Waals surface area contributed by atoms with Crippen molar-refractivity contribution >= 4 is 32.6 Å². The molecule has 0 radical (unpaired) electrons. The van der Waals surface area contributed by atoms with Crippen LogP contribution < -0.4 is 9.62 Å². The third-order valence-corrected chi connectivity index (χ3v) is 5.16. The number of nitrogens with zero attached hydrogens (tertiary/aromatic N) is 4. The van der Waals surface area contributed by atoms with Crippen molar-refractivity contribution in [1.29, 1.82) is 0 Å². The van der Waals surface area contributed by atoms with Gasteiger partial charge in [0.05, 0.1) is 29.5 Å². The van der Waals surface area contributed by atoms with Crippen molar-refractivity contribution in [3.8, 4) is 0 Å². The fraction of sp³-hybridized carbons (Fsp3) is 0.333. The second kappa shape index (κ2) is 7.16. The average molecular weight is 386 g/mol. The minimum atomic E-state index is -3.34. The number of nitrogens with one attached hydrogen (secondary N) is 2. The van der Waals surface area contributed by atoms with E-state index in [0.29, 0.717) is 11.5 Å². The number of anilines is 2. The number of imidazole rings is 1. The van der Waals surface area contributed by atoms with Crippen LogP contribution in [0.4, 0.5) is 11.5 Å². The van der Waals surface area contributed by atoms with Gasteiger partial charge in [-0.25, -0.2) is 18.4 Å². The summed E-state index contributed by atoms with van der Waals surface area (Å²) in [4.78, 5) is 16.8. The molecule has 8 nitrogen and oxygen atoms in total. The Kier molecular flexibility index (Phi) is 4.71. The lowest BCUT2D eigenvalue weighted by Crippen LogP contribution is -2.46. The smallest absolute Gasteiger partial charge is 0.229 e. The van der Waals surface area contributed by atoms with Gasteiger partial charge in [0, 0.05) is 32.4 Å². The Bertz CT molecular complexity index is 1010. The Morgan fingerprint density at radius 3 is 2.63 bits per heavy atom. The number of piperazine rings is 1. The van der Waals surface area contributed by atoms with Gasteiger partial charge < -0.3 is 9.88 Å². The summed E-state index contributed by atoms with van der Waals surface area (Å²) in [6.07, 6.45) is 2.83. The van der Waals surface area contributed by atoms with Crippen molar-refractivity contribution in [2.24, 2.45) is 0 Å². The molecular weight excluding hydrogens is 364 g/mol. The maximum atomic E-state index is 11.6. The first-order valence-corrected chi connectivity index (χ1v) is 10.7. The van der Waals surface area contributed by atoms with Gasteiger partial charge in [-0.3, -0.25) is 9.62 Å². The number of sulfonamides is 1. The first kappa shape index (κ1) is 17.7. The molecular formula is C18H22N6O2S. The highest BCUT2D eigenvalue weighted by molar-refractivity contribution is 7.92. The molecule has 0 aliphatic carbocycles. The molecule has 0 atom stereocenters. The minimum Gasteiger partial charge on any atom is -0.352 e. The van der Waals surface area contributed by atoms with Crippen LogP contribution in [0.5, 0.6) is 0 Å². The lowest BCUT2D eigenvalue weighted by atomic mass is 10.3. The van der Waals surface area contributed by atoms with Crippen molar-refractivity contribution in [1.82, 2.24) is 19.9 Å². The van der Waals surface area contributed by atoms with E-state index in [2.05, 4.69) is 29.5 Å². The van der Waals surface area contributed by atoms with Crippen LogP contribution >= 0.6 is 0 Å². The molecule has 1 saturated heterocycles. The predicted molar refractivity (Wildman–Crippen MR) is 106 cm³/mol. The molecule has 4 rings (SSSR count). The van der Waals surface area contributed by atoms with Gasteiger partial charge in [0.25, 0.3) is 0 Å². The molecule has 142 valence electrons. The number of benzene rings is 1. The van der Waals surface area contributed by atoms with E-state index in [4.69, 9.17) is 0 Å². The van der Waals surface area contributed by atoms with Crippen LogP contribution in [0.2, 0.25) is 0 Å². The van der Waals surface area contributed by atoms with Crippen LogP contribution in [0.3, 0.4) is 0 Å². The van der Waals surface area contributed by atoms with Gasteiger partial charge in [0.15, 0.2) is 5.82 Å². The normalized spacial score (nSPS) is 16.0. The Balaban J connectivity index is 1.42. The summed E-state index contributed by atoms with van der Waals surface area (Å²) in [5, 5.41) is 0. The highest BCUT2D eigenvalue weighted by Gasteiger charge is 2.21. The fourth-order valence-electron chi connectivity index (χ4n) is 3.34. The molecule has 2 aromatic heterocycles. The van der Waals surface area contributed by atoms with E-state index in [1.165, 1.54) is 0 Å². The van der Waals surface area contributed by atoms with Crippen molar-refractivity contribution < 1.29 is 8.42 Å². The Morgan fingerprint density at radius 1 is 1.11 bits per heavy atom. The van der Waals surface area contributed by atoms with E-state index >= 15 is 0 Å². The number of H-pyrrole nitrogens is 1. The average Bonchev–Trinajstić information content (AvgIpc) is 3.04. The van der Waals surface area contributed by atoms with Crippen LogP contribution in [0.15, 0.2) is 42.6 Å². The molecule has 3 heterocycles. The number of aromatic amines is 1. The largest absolute Gasteiger partial charge is 0.352 e. The fourth-order valence-corrected chi connectivity index (χ4v) is 3.90. The lowest BCUT2D eigenvalue weighted by molar-refractivity contribution is 0.244. The summed E-state index contributed by atoms with van der Waals surface area (Å²) in [6.45, 7) is 4.02. The zero-order valence-corrected chi connectivity index (χ0v) is 15.9. The van der Waals surface area contributed by atoms with E-state index in [1.807, 2.05) is 24.3 Å². The third kappa shape index (κ3) is 4.20. The van der Waals surface area contributed by atoms with Crippen molar-refractivity contribution in [2.75, 3.05) is 42.1 Å². The maximum absolute atomic E-state index is 11.6. The zero-order valence-electron chi connectivity index (χ0n) is 15.1. The van der Waals surface area contributed by atoms with E-state index < -0.39 is 10.0 Å². The second-order valence-electron chi connectivity index (χ2n) is 6.71. The number of aromatic nitrogens is 3. The van der Waals surface area contributed by atoms with Crippen LogP contribution in [0.1, 0.15) is 5.82 Å². The molecule has 2 N–H and O–H groups in total. The molecule has 1 aromatic carbocycles. The van der Waals surface area contributed by atoms with Gasteiger partial charge in [0.2, 0.25) is 10.0 Å². The lowest BCUT2D eigenvalue weighted by Gasteiger charge is -2.35. The molecule has 0 saturated carbocycles. The Labute approximate surface area is 158 Å². The number of fused-ring (bicyclic) bond motifs is 1. The van der Waals surface area contributed by atoms with E-state index in [9.17, 15) is 8.42 Å². The summed E-state index contributed by atoms with van der Waals surface area (Å²) < 4.78 is 25.7. The van der Waals surface area contributed by atoms with Crippen molar-refractivity contribution in [2.45, 2.75) is 6.54 Å². The molecule has 9 heteroatoms. The molecule has 27 heavy (non-hydrogen) atoms. The van der Waals surface area contributed by atoms with E-state index in [1.54, 1.807) is 18.3 Å². The summed E-state index contributed by atoms with van der Waals surface area (Å²) in [6, 6.07) is 11.5. The van der Waals surface area contributed by atoms with E-state index in [-0.39, 0.29) is 0 Å². The highest BCUT2D eigenvalue weighted by Crippen LogP contribution is 2.25. The first-order chi connectivity index (χ1) is 13.0. The van der Waals surface area contributed by atoms with Gasteiger partial charge in [-0.15, -0.1) is 0 Å². The molecule has 1 aliphatic rings. The maximum Gasteiger partial charge on any atom is 0.229 e. The zero-order chi connectivity index (χ0) is 18.9.